The summed E-state index contributed by atoms with van der Waals surface area (Å²) in [4.78, 5) is 24.2. The molecule has 0 saturated heterocycles. The summed E-state index contributed by atoms with van der Waals surface area (Å²) in [6.45, 7) is -0.729. The molecule has 3 N–H and O–H groups in total. The average Bonchev–Trinajstić information content (AvgIpc) is 2.59. The van der Waals surface area contributed by atoms with Gasteiger partial charge in [-0.15, -0.1) is 0 Å². The molecule has 0 bridgehead atoms. The fourth-order valence-electron chi connectivity index (χ4n) is 2.11. The van der Waals surface area contributed by atoms with Crippen LogP contribution < -0.4 is 0 Å². The third-order valence-electron chi connectivity index (χ3n) is 3.25. The van der Waals surface area contributed by atoms with Gasteiger partial charge in [-0.2, -0.15) is 0 Å². The maximum absolute atomic E-state index is 12.1. The quantitative estimate of drug-likeness (QED) is 0.650. The molecule has 0 aliphatic heterocycles. The van der Waals surface area contributed by atoms with Crippen molar-refractivity contribution in [2.75, 3.05) is 13.2 Å². The second-order valence-electron chi connectivity index (χ2n) is 4.77. The number of aliphatic hydroxyl groups excluding tert-OH is 3. The standard InChI is InChI=1S/C14H8O2.C3H8O3/c15-13-9-5-1-2-6-10(9)14(16)12-8-4-3-7-11(12)13;4-1-3(6)2-5/h1-8H;3-6H,1-2H2. The van der Waals surface area contributed by atoms with Crippen molar-refractivity contribution in [1.82, 2.24) is 0 Å². The molecule has 2 aromatic carbocycles. The van der Waals surface area contributed by atoms with Gasteiger partial charge in [-0.1, -0.05) is 48.5 Å². The zero-order valence-electron chi connectivity index (χ0n) is 11.8. The predicted octanol–water partition coefficient (Wildman–Crippen LogP) is 0.794. The molecular formula is C17H16O5. The summed E-state index contributed by atoms with van der Waals surface area (Å²) in [7, 11) is 0. The van der Waals surface area contributed by atoms with E-state index in [0.29, 0.717) is 22.3 Å². The molecule has 114 valence electrons. The summed E-state index contributed by atoms with van der Waals surface area (Å²) in [5.74, 6) is -0.128. The molecule has 0 atom stereocenters. The van der Waals surface area contributed by atoms with Gasteiger partial charge >= 0.3 is 0 Å². The molecular weight excluding hydrogens is 284 g/mol. The molecule has 2 aromatic rings. The van der Waals surface area contributed by atoms with Gasteiger partial charge in [0.1, 0.15) is 6.10 Å². The first kappa shape index (κ1) is 16.0. The molecule has 0 unspecified atom stereocenters. The highest BCUT2D eigenvalue weighted by Gasteiger charge is 2.28. The highest BCUT2D eigenvalue weighted by Crippen LogP contribution is 2.26. The van der Waals surface area contributed by atoms with Crippen molar-refractivity contribution in [3.8, 4) is 0 Å². The molecule has 0 spiro atoms. The second kappa shape index (κ2) is 7.09. The van der Waals surface area contributed by atoms with Gasteiger partial charge in [0.25, 0.3) is 0 Å². The van der Waals surface area contributed by atoms with E-state index in [2.05, 4.69) is 0 Å². The van der Waals surface area contributed by atoms with Crippen LogP contribution in [-0.4, -0.2) is 46.2 Å². The molecule has 0 radical (unpaired) electrons. The maximum atomic E-state index is 12.1. The van der Waals surface area contributed by atoms with Crippen LogP contribution >= 0.6 is 0 Å². The number of carbonyl (C=O) groups excluding carboxylic acids is 2. The van der Waals surface area contributed by atoms with E-state index in [1.54, 1.807) is 48.5 Å². The number of aliphatic hydroxyl groups is 3. The first-order chi connectivity index (χ1) is 10.6. The maximum Gasteiger partial charge on any atom is 0.194 e. The van der Waals surface area contributed by atoms with Gasteiger partial charge in [0.15, 0.2) is 11.6 Å². The molecule has 1 aliphatic rings. The van der Waals surface area contributed by atoms with Crippen molar-refractivity contribution in [2.45, 2.75) is 6.10 Å². The van der Waals surface area contributed by atoms with Gasteiger partial charge < -0.3 is 15.3 Å². The van der Waals surface area contributed by atoms with E-state index in [0.717, 1.165) is 0 Å². The lowest BCUT2D eigenvalue weighted by atomic mass is 9.84. The number of carbonyl (C=O) groups is 2. The van der Waals surface area contributed by atoms with Crippen LogP contribution in [0, 0.1) is 0 Å². The van der Waals surface area contributed by atoms with Crippen LogP contribution in [0.1, 0.15) is 31.8 Å². The van der Waals surface area contributed by atoms with Gasteiger partial charge in [-0.3, -0.25) is 9.59 Å². The largest absolute Gasteiger partial charge is 0.394 e. The third-order valence-corrected chi connectivity index (χ3v) is 3.25. The fourth-order valence-corrected chi connectivity index (χ4v) is 2.11. The molecule has 0 amide bonds. The van der Waals surface area contributed by atoms with Crippen LogP contribution in [0.5, 0.6) is 0 Å². The van der Waals surface area contributed by atoms with E-state index in [1.807, 2.05) is 0 Å². The summed E-state index contributed by atoms with van der Waals surface area (Å²) < 4.78 is 0. The van der Waals surface area contributed by atoms with E-state index in [-0.39, 0.29) is 24.8 Å². The third kappa shape index (κ3) is 3.12. The number of hydrogen-bond donors (Lipinski definition) is 3. The lowest BCUT2D eigenvalue weighted by Crippen LogP contribution is -2.20. The smallest absolute Gasteiger partial charge is 0.194 e. The first-order valence-electron chi connectivity index (χ1n) is 6.77. The highest BCUT2D eigenvalue weighted by atomic mass is 16.3. The van der Waals surface area contributed by atoms with Crippen molar-refractivity contribution >= 4 is 11.6 Å². The minimum Gasteiger partial charge on any atom is -0.394 e. The minimum atomic E-state index is -0.954. The summed E-state index contributed by atoms with van der Waals surface area (Å²) >= 11 is 0. The Morgan fingerprint density at radius 1 is 0.682 bits per heavy atom. The van der Waals surface area contributed by atoms with Gasteiger partial charge in [0, 0.05) is 22.3 Å². The second-order valence-corrected chi connectivity index (χ2v) is 4.77. The van der Waals surface area contributed by atoms with Crippen LogP contribution in [0.3, 0.4) is 0 Å². The van der Waals surface area contributed by atoms with Crippen LogP contribution in [-0.2, 0) is 0 Å². The molecule has 0 aromatic heterocycles. The Morgan fingerprint density at radius 3 is 1.14 bits per heavy atom. The van der Waals surface area contributed by atoms with E-state index >= 15 is 0 Å². The van der Waals surface area contributed by atoms with Crippen molar-refractivity contribution < 1.29 is 24.9 Å². The zero-order chi connectivity index (χ0) is 16.1. The molecule has 1 aliphatic carbocycles. The van der Waals surface area contributed by atoms with Crippen LogP contribution in [0.25, 0.3) is 0 Å². The van der Waals surface area contributed by atoms with Crippen LogP contribution in [0.2, 0.25) is 0 Å². The normalized spacial score (nSPS) is 12.4. The Kier molecular flexibility index (Phi) is 5.16. The minimum absolute atomic E-state index is 0.0641. The van der Waals surface area contributed by atoms with Crippen molar-refractivity contribution in [1.29, 1.82) is 0 Å². The Balaban J connectivity index is 0.000000254. The number of fused-ring (bicyclic) bond motifs is 2. The molecule has 0 fully saturated rings. The molecule has 22 heavy (non-hydrogen) atoms. The van der Waals surface area contributed by atoms with Crippen molar-refractivity contribution in [3.05, 3.63) is 70.8 Å². The van der Waals surface area contributed by atoms with Crippen LogP contribution in [0.4, 0.5) is 0 Å². The van der Waals surface area contributed by atoms with E-state index in [1.165, 1.54) is 0 Å². The SMILES string of the molecule is O=C1c2ccccc2C(=O)c2ccccc21.OCC(O)CO. The predicted molar refractivity (Wildman–Crippen MR) is 79.9 cm³/mol. The number of rotatable bonds is 2. The topological polar surface area (TPSA) is 94.8 Å². The van der Waals surface area contributed by atoms with E-state index < -0.39 is 6.10 Å². The Labute approximate surface area is 127 Å². The molecule has 5 heteroatoms. The summed E-state index contributed by atoms with van der Waals surface area (Å²) in [5, 5.41) is 24.0. The monoisotopic (exact) mass is 300 g/mol. The van der Waals surface area contributed by atoms with Gasteiger partial charge in [0.2, 0.25) is 0 Å². The van der Waals surface area contributed by atoms with Crippen molar-refractivity contribution in [2.24, 2.45) is 0 Å². The number of ketones is 2. The Hall–Kier alpha value is -2.34. The van der Waals surface area contributed by atoms with Crippen LogP contribution in [0.15, 0.2) is 48.5 Å². The fraction of sp³-hybridized carbons (Fsp3) is 0.176. The number of benzene rings is 2. The first-order valence-corrected chi connectivity index (χ1v) is 6.77. The zero-order valence-corrected chi connectivity index (χ0v) is 11.8. The highest BCUT2D eigenvalue weighted by molar-refractivity contribution is 6.28. The Bertz CT molecular complexity index is 583. The molecule has 0 saturated carbocycles. The average molecular weight is 300 g/mol. The lowest BCUT2D eigenvalue weighted by molar-refractivity contribution is 0.0450. The van der Waals surface area contributed by atoms with Gasteiger partial charge in [0.05, 0.1) is 13.2 Å². The van der Waals surface area contributed by atoms with Gasteiger partial charge in [-0.05, 0) is 0 Å². The Morgan fingerprint density at radius 2 is 0.955 bits per heavy atom. The summed E-state index contributed by atoms with van der Waals surface area (Å²) in [6, 6.07) is 13.9. The number of hydrogen-bond acceptors (Lipinski definition) is 5. The molecule has 0 heterocycles. The summed E-state index contributed by atoms with van der Waals surface area (Å²) in [5.41, 5.74) is 2.02. The van der Waals surface area contributed by atoms with E-state index in [4.69, 9.17) is 15.3 Å². The molecule has 3 rings (SSSR count). The lowest BCUT2D eigenvalue weighted by Gasteiger charge is -2.16. The molecule has 5 nitrogen and oxygen atoms in total. The van der Waals surface area contributed by atoms with Gasteiger partial charge in [-0.25, -0.2) is 0 Å². The summed E-state index contributed by atoms with van der Waals surface area (Å²) in [6.07, 6.45) is -0.954. The van der Waals surface area contributed by atoms with Crippen molar-refractivity contribution in [3.63, 3.8) is 0 Å². The van der Waals surface area contributed by atoms with E-state index in [9.17, 15) is 9.59 Å².